The van der Waals surface area contributed by atoms with Gasteiger partial charge in [0.15, 0.2) is 16.5 Å². The molecule has 0 radical (unpaired) electrons. The second kappa shape index (κ2) is 14.6. The predicted octanol–water partition coefficient (Wildman–Crippen LogP) is 3.78. The minimum atomic E-state index is -0.665. The number of ketones is 1. The first-order chi connectivity index (χ1) is 17.5. The number of ether oxygens (including phenoxy) is 1. The molecule has 1 aromatic heterocycles. The van der Waals surface area contributed by atoms with Crippen LogP contribution in [0.4, 0.5) is 0 Å². The van der Waals surface area contributed by atoms with Crippen LogP contribution in [0.2, 0.25) is 0 Å². The number of thiazole rings is 1. The van der Waals surface area contributed by atoms with Gasteiger partial charge in [-0.2, -0.15) is 0 Å². The second-order valence-corrected chi connectivity index (χ2v) is 11.2. The average molecular weight is 537 g/mol. The van der Waals surface area contributed by atoms with Crippen LogP contribution in [0.15, 0.2) is 5.38 Å². The van der Waals surface area contributed by atoms with E-state index >= 15 is 0 Å². The van der Waals surface area contributed by atoms with Crippen LogP contribution in [-0.2, 0) is 14.3 Å². The fraction of sp³-hybridized carbons (Fsp3) is 0.741. The number of likely N-dealkylation sites (N-methyl/N-ethyl adjacent to an activating group) is 1. The van der Waals surface area contributed by atoms with Crippen molar-refractivity contribution in [3.8, 4) is 0 Å². The maximum atomic E-state index is 14.0. The molecule has 0 aromatic carbocycles. The smallest absolute Gasteiger partial charge is 0.357 e. The number of nitrogens with one attached hydrogen (secondary N) is 1. The molecule has 1 N–H and O–H groups in total. The molecular weight excluding hydrogens is 492 g/mol. The Morgan fingerprint density at radius 2 is 1.92 bits per heavy atom. The Balaban J connectivity index is 2.28. The molecule has 0 saturated carbocycles. The highest BCUT2D eigenvalue weighted by Crippen LogP contribution is 2.24. The Kier molecular flexibility index (Phi) is 12.2. The number of hydrogen-bond acceptors (Lipinski definition) is 8. The number of amides is 2. The number of Topliss-reactive ketones (excluding diaryl/α,β-unsaturated/α-hetero) is 1. The van der Waals surface area contributed by atoms with Crippen LogP contribution < -0.4 is 5.32 Å². The third-order valence-electron chi connectivity index (χ3n) is 7.30. The predicted molar refractivity (Wildman–Crippen MR) is 145 cm³/mol. The number of carbonyl (C=O) groups excluding carboxylic acids is 4. The van der Waals surface area contributed by atoms with Gasteiger partial charge in [0.05, 0.1) is 13.2 Å². The van der Waals surface area contributed by atoms with Crippen molar-refractivity contribution in [2.24, 2.45) is 11.8 Å². The van der Waals surface area contributed by atoms with Gasteiger partial charge >= 0.3 is 5.97 Å². The molecule has 10 heteroatoms. The molecule has 9 nitrogen and oxygen atoms in total. The SMILES string of the molecule is CCCN(C(=O)[C@@H](NC(=O)[C@H]1CCCCN1C)[C@@H](C)CC)[C@H](CC(=O)c1nc(C(=O)OC)cs1)C(C)C. The molecule has 2 heterocycles. The topological polar surface area (TPSA) is 109 Å². The molecule has 0 aliphatic carbocycles. The summed E-state index contributed by atoms with van der Waals surface area (Å²) in [5, 5.41) is 4.82. The van der Waals surface area contributed by atoms with Crippen molar-refractivity contribution in [3.63, 3.8) is 0 Å². The van der Waals surface area contributed by atoms with E-state index < -0.39 is 12.0 Å². The molecule has 1 aromatic rings. The second-order valence-electron chi connectivity index (χ2n) is 10.4. The Morgan fingerprint density at radius 3 is 2.49 bits per heavy atom. The summed E-state index contributed by atoms with van der Waals surface area (Å²) in [6.07, 6.45) is 4.40. The van der Waals surface area contributed by atoms with Crippen molar-refractivity contribution in [2.45, 2.75) is 91.3 Å². The van der Waals surface area contributed by atoms with Crippen LogP contribution in [0.1, 0.15) is 93.4 Å². The number of aromatic nitrogens is 1. The van der Waals surface area contributed by atoms with Crippen molar-refractivity contribution < 1.29 is 23.9 Å². The van der Waals surface area contributed by atoms with Crippen LogP contribution in [0.25, 0.3) is 0 Å². The minimum absolute atomic E-state index is 0.00254. The minimum Gasteiger partial charge on any atom is -0.464 e. The molecule has 37 heavy (non-hydrogen) atoms. The molecule has 0 spiro atoms. The highest BCUT2D eigenvalue weighted by Gasteiger charge is 2.37. The van der Waals surface area contributed by atoms with E-state index in [1.807, 2.05) is 41.7 Å². The van der Waals surface area contributed by atoms with Crippen LogP contribution in [0, 0.1) is 11.8 Å². The summed E-state index contributed by atoms with van der Waals surface area (Å²) in [5.74, 6) is -1.13. The number of rotatable bonds is 13. The van der Waals surface area contributed by atoms with Gasteiger partial charge in [0.1, 0.15) is 6.04 Å². The zero-order valence-corrected chi connectivity index (χ0v) is 24.2. The maximum absolute atomic E-state index is 14.0. The largest absolute Gasteiger partial charge is 0.464 e. The molecular formula is C27H44N4O5S. The lowest BCUT2D eigenvalue weighted by Crippen LogP contribution is -2.59. The molecule has 2 rings (SSSR count). The third kappa shape index (κ3) is 8.07. The maximum Gasteiger partial charge on any atom is 0.357 e. The van der Waals surface area contributed by atoms with Gasteiger partial charge in [-0.15, -0.1) is 11.3 Å². The zero-order valence-electron chi connectivity index (χ0n) is 23.4. The summed E-state index contributed by atoms with van der Waals surface area (Å²) in [6.45, 7) is 11.3. The quantitative estimate of drug-likeness (QED) is 0.302. The molecule has 1 aliphatic rings. The van der Waals surface area contributed by atoms with E-state index in [1.165, 1.54) is 12.5 Å². The number of likely N-dealkylation sites (tertiary alicyclic amines) is 1. The number of hydrogen-bond donors (Lipinski definition) is 1. The van der Waals surface area contributed by atoms with Crippen LogP contribution in [-0.4, -0.2) is 83.7 Å². The standard InChI is InChI=1S/C27H44N4O5S/c1-8-13-31(21(17(3)4)15-22(32)25-28-19(16-37-25)27(35)36-7)26(34)23(18(5)9-2)29-24(33)20-12-10-11-14-30(20)6/h16-18,20-21,23H,8-15H2,1-7H3,(H,29,33)/t18-,20+,21+,23-/m0/s1. The van der Waals surface area contributed by atoms with Gasteiger partial charge in [0, 0.05) is 24.4 Å². The average Bonchev–Trinajstić information content (AvgIpc) is 3.38. The van der Waals surface area contributed by atoms with Gasteiger partial charge in [-0.3, -0.25) is 19.3 Å². The highest BCUT2D eigenvalue weighted by atomic mass is 32.1. The zero-order chi connectivity index (χ0) is 27.7. The first-order valence-corrected chi connectivity index (χ1v) is 14.3. The summed E-state index contributed by atoms with van der Waals surface area (Å²) in [5.41, 5.74) is 0.102. The molecule has 2 amide bonds. The third-order valence-corrected chi connectivity index (χ3v) is 8.18. The van der Waals surface area contributed by atoms with Crippen LogP contribution >= 0.6 is 11.3 Å². The first kappa shape index (κ1) is 30.9. The summed E-state index contributed by atoms with van der Waals surface area (Å²) in [4.78, 5) is 60.2. The lowest BCUT2D eigenvalue weighted by atomic mass is 9.92. The molecule has 0 unspecified atom stereocenters. The van der Waals surface area contributed by atoms with Gasteiger partial charge in [-0.1, -0.05) is 47.5 Å². The molecule has 1 aliphatic heterocycles. The van der Waals surface area contributed by atoms with E-state index in [0.717, 1.165) is 50.0 Å². The lowest BCUT2D eigenvalue weighted by Gasteiger charge is -2.39. The number of esters is 1. The number of nitrogens with zero attached hydrogens (tertiary/aromatic N) is 3. The van der Waals surface area contributed by atoms with E-state index in [-0.39, 0.29) is 58.6 Å². The van der Waals surface area contributed by atoms with Crippen molar-refractivity contribution >= 4 is 34.9 Å². The van der Waals surface area contributed by atoms with E-state index in [0.29, 0.717) is 6.54 Å². The molecule has 1 saturated heterocycles. The fourth-order valence-electron chi connectivity index (χ4n) is 4.78. The molecule has 0 bridgehead atoms. The van der Waals surface area contributed by atoms with Gasteiger partial charge in [0.2, 0.25) is 11.8 Å². The highest BCUT2D eigenvalue weighted by molar-refractivity contribution is 7.11. The summed E-state index contributed by atoms with van der Waals surface area (Å²) >= 11 is 1.10. The Bertz CT molecular complexity index is 934. The number of methoxy groups -OCH3 is 1. The van der Waals surface area contributed by atoms with Crippen LogP contribution in [0.5, 0.6) is 0 Å². The van der Waals surface area contributed by atoms with E-state index in [2.05, 4.69) is 15.2 Å². The fourth-order valence-corrected chi connectivity index (χ4v) is 5.52. The monoisotopic (exact) mass is 536 g/mol. The summed E-state index contributed by atoms with van der Waals surface area (Å²) in [6, 6.07) is -1.27. The van der Waals surface area contributed by atoms with Gasteiger partial charge in [0.25, 0.3) is 0 Å². The first-order valence-electron chi connectivity index (χ1n) is 13.4. The van der Waals surface area contributed by atoms with Gasteiger partial charge in [-0.25, -0.2) is 9.78 Å². The Hall–Kier alpha value is -2.33. The molecule has 4 atom stereocenters. The molecule has 208 valence electrons. The number of carbonyl (C=O) groups is 4. The van der Waals surface area contributed by atoms with Crippen molar-refractivity contribution in [1.29, 1.82) is 0 Å². The normalized spacial score (nSPS) is 18.6. The van der Waals surface area contributed by atoms with Crippen molar-refractivity contribution in [2.75, 3.05) is 27.2 Å². The Labute approximate surface area is 225 Å². The summed E-state index contributed by atoms with van der Waals surface area (Å²) < 4.78 is 4.70. The van der Waals surface area contributed by atoms with Crippen molar-refractivity contribution in [3.05, 3.63) is 16.1 Å². The molecule has 1 fully saturated rings. The summed E-state index contributed by atoms with van der Waals surface area (Å²) in [7, 11) is 3.22. The Morgan fingerprint density at radius 1 is 1.22 bits per heavy atom. The van der Waals surface area contributed by atoms with Crippen LogP contribution in [0.3, 0.4) is 0 Å². The van der Waals surface area contributed by atoms with E-state index in [9.17, 15) is 19.2 Å². The van der Waals surface area contributed by atoms with E-state index in [1.54, 1.807) is 4.90 Å². The number of piperidine rings is 1. The lowest BCUT2D eigenvalue weighted by molar-refractivity contribution is -0.142. The van der Waals surface area contributed by atoms with E-state index in [4.69, 9.17) is 4.74 Å². The van der Waals surface area contributed by atoms with Gasteiger partial charge in [-0.05, 0) is 44.7 Å². The van der Waals surface area contributed by atoms with Gasteiger partial charge < -0.3 is 15.0 Å². The van der Waals surface area contributed by atoms with Crippen molar-refractivity contribution in [1.82, 2.24) is 20.1 Å².